The number of aromatic nitrogens is 5. The van der Waals surface area contributed by atoms with E-state index in [0.717, 1.165) is 38.1 Å². The van der Waals surface area contributed by atoms with E-state index >= 15 is 0 Å². The zero-order chi connectivity index (χ0) is 18.1. The van der Waals surface area contributed by atoms with Crippen molar-refractivity contribution < 1.29 is 17.7 Å². The molecule has 0 amide bonds. The van der Waals surface area contributed by atoms with Crippen LogP contribution in [0, 0.1) is 0 Å². The number of nitrogens with one attached hydrogen (secondary N) is 1. The topological polar surface area (TPSA) is 81.7 Å². The maximum atomic E-state index is 12.8. The highest BCUT2D eigenvalue weighted by atomic mass is 35.5. The SMILES string of the molecule is Cl.FC(F)(F)c1cccc(-c2noc(-c3ncn(C4CCCNC4)n3)n2)c1. The minimum Gasteiger partial charge on any atom is -0.330 e. The number of hydrogen-bond donors (Lipinski definition) is 1. The molecule has 1 aromatic carbocycles. The van der Waals surface area contributed by atoms with E-state index in [-0.39, 0.29) is 41.6 Å². The number of nitrogens with zero attached hydrogens (tertiary/aromatic N) is 5. The summed E-state index contributed by atoms with van der Waals surface area (Å²) in [6.07, 6.45) is -0.784. The van der Waals surface area contributed by atoms with Gasteiger partial charge in [-0.25, -0.2) is 9.67 Å². The van der Waals surface area contributed by atoms with Crippen molar-refractivity contribution >= 4 is 12.4 Å². The lowest BCUT2D eigenvalue weighted by Crippen LogP contribution is -2.31. The molecule has 27 heavy (non-hydrogen) atoms. The van der Waals surface area contributed by atoms with Crippen LogP contribution in [0.15, 0.2) is 35.1 Å². The highest BCUT2D eigenvalue weighted by molar-refractivity contribution is 5.85. The van der Waals surface area contributed by atoms with E-state index in [4.69, 9.17) is 4.52 Å². The average Bonchev–Trinajstić information content (AvgIpc) is 3.31. The third-order valence-electron chi connectivity index (χ3n) is 4.22. The Bertz CT molecular complexity index is 903. The molecule has 1 aliphatic rings. The van der Waals surface area contributed by atoms with Crippen molar-refractivity contribution in [2.45, 2.75) is 25.1 Å². The van der Waals surface area contributed by atoms with Crippen molar-refractivity contribution in [2.75, 3.05) is 13.1 Å². The summed E-state index contributed by atoms with van der Waals surface area (Å²) in [6.45, 7) is 1.80. The summed E-state index contributed by atoms with van der Waals surface area (Å²) in [6, 6.07) is 4.97. The van der Waals surface area contributed by atoms with Gasteiger partial charge in [-0.1, -0.05) is 17.3 Å². The van der Waals surface area contributed by atoms with E-state index in [1.165, 1.54) is 12.1 Å². The van der Waals surface area contributed by atoms with Crippen LogP contribution in [0.25, 0.3) is 23.1 Å². The molecule has 0 saturated carbocycles. The molecule has 1 unspecified atom stereocenters. The standard InChI is InChI=1S/C16H15F3N6O.ClH/c17-16(18,19)11-4-1-3-10(7-11)13-22-15(26-24-13)14-21-9-25(23-14)12-5-2-6-20-8-12;/h1,3-4,7,9,12,20H,2,5-6,8H2;1H. The second-order valence-corrected chi connectivity index (χ2v) is 6.05. The van der Waals surface area contributed by atoms with Gasteiger partial charge in [-0.15, -0.1) is 17.5 Å². The number of halogens is 4. The predicted octanol–water partition coefficient (Wildman–Crippen LogP) is 3.36. The van der Waals surface area contributed by atoms with Crippen molar-refractivity contribution in [1.82, 2.24) is 30.2 Å². The van der Waals surface area contributed by atoms with Crippen molar-refractivity contribution in [3.05, 3.63) is 36.2 Å². The summed E-state index contributed by atoms with van der Waals surface area (Å²) >= 11 is 0. The van der Waals surface area contributed by atoms with Gasteiger partial charge in [-0.05, 0) is 31.5 Å². The van der Waals surface area contributed by atoms with Crippen molar-refractivity contribution in [1.29, 1.82) is 0 Å². The molecule has 11 heteroatoms. The Kier molecular flexibility index (Phi) is 5.47. The Morgan fingerprint density at radius 3 is 2.81 bits per heavy atom. The Labute approximate surface area is 158 Å². The molecule has 0 bridgehead atoms. The van der Waals surface area contributed by atoms with Gasteiger partial charge in [0.25, 0.3) is 5.89 Å². The fourth-order valence-electron chi connectivity index (χ4n) is 2.87. The van der Waals surface area contributed by atoms with Gasteiger partial charge in [0.15, 0.2) is 0 Å². The van der Waals surface area contributed by atoms with Crippen molar-refractivity contribution in [3.63, 3.8) is 0 Å². The van der Waals surface area contributed by atoms with E-state index in [0.29, 0.717) is 0 Å². The first-order chi connectivity index (χ1) is 12.5. The molecule has 1 atom stereocenters. The maximum absolute atomic E-state index is 12.8. The molecule has 0 spiro atoms. The van der Waals surface area contributed by atoms with Crippen LogP contribution in [0.4, 0.5) is 13.2 Å². The van der Waals surface area contributed by atoms with Gasteiger partial charge < -0.3 is 9.84 Å². The van der Waals surface area contributed by atoms with Crippen LogP contribution in [0.1, 0.15) is 24.4 Å². The molecule has 0 radical (unpaired) electrons. The molecule has 3 aromatic rings. The number of piperidine rings is 1. The predicted molar refractivity (Wildman–Crippen MR) is 92.1 cm³/mol. The lowest BCUT2D eigenvalue weighted by Gasteiger charge is -2.22. The van der Waals surface area contributed by atoms with Gasteiger partial charge in [0, 0.05) is 12.1 Å². The molecule has 7 nitrogen and oxygen atoms in total. The van der Waals surface area contributed by atoms with E-state index < -0.39 is 11.7 Å². The first-order valence-electron chi connectivity index (χ1n) is 8.14. The van der Waals surface area contributed by atoms with E-state index in [9.17, 15) is 13.2 Å². The fraction of sp³-hybridized carbons (Fsp3) is 0.375. The number of benzene rings is 1. The van der Waals surface area contributed by atoms with Crippen LogP contribution < -0.4 is 5.32 Å². The third-order valence-corrected chi connectivity index (χ3v) is 4.22. The van der Waals surface area contributed by atoms with Gasteiger partial charge in [-0.2, -0.15) is 18.2 Å². The summed E-state index contributed by atoms with van der Waals surface area (Å²) in [5, 5.41) is 11.4. The largest absolute Gasteiger partial charge is 0.416 e. The number of rotatable bonds is 3. The van der Waals surface area contributed by atoms with E-state index in [2.05, 4.69) is 25.5 Å². The van der Waals surface area contributed by atoms with Crippen LogP contribution in [0.3, 0.4) is 0 Å². The van der Waals surface area contributed by atoms with E-state index in [1.54, 1.807) is 11.0 Å². The van der Waals surface area contributed by atoms with Gasteiger partial charge in [0.05, 0.1) is 11.6 Å². The monoisotopic (exact) mass is 400 g/mol. The Balaban J connectivity index is 0.00000210. The number of alkyl halides is 3. The molecule has 3 heterocycles. The van der Waals surface area contributed by atoms with Crippen LogP contribution in [-0.4, -0.2) is 38.0 Å². The molecule has 1 N–H and O–H groups in total. The Hall–Kier alpha value is -2.46. The summed E-state index contributed by atoms with van der Waals surface area (Å²) in [4.78, 5) is 8.31. The zero-order valence-corrected chi connectivity index (χ0v) is 14.8. The minimum absolute atomic E-state index is 0. The molecule has 1 aliphatic heterocycles. The third kappa shape index (κ3) is 4.11. The molecular weight excluding hydrogens is 385 g/mol. The molecule has 1 fully saturated rings. The summed E-state index contributed by atoms with van der Waals surface area (Å²) in [7, 11) is 0. The molecule has 144 valence electrons. The van der Waals surface area contributed by atoms with Crippen LogP contribution in [0.2, 0.25) is 0 Å². The minimum atomic E-state index is -4.43. The molecule has 0 aliphatic carbocycles. The van der Waals surface area contributed by atoms with Gasteiger partial charge in [-0.3, -0.25) is 0 Å². The zero-order valence-electron chi connectivity index (χ0n) is 14.0. The quantitative estimate of drug-likeness (QED) is 0.726. The van der Waals surface area contributed by atoms with Crippen molar-refractivity contribution in [2.24, 2.45) is 0 Å². The van der Waals surface area contributed by atoms with Crippen molar-refractivity contribution in [3.8, 4) is 23.1 Å². The van der Waals surface area contributed by atoms with Crippen LogP contribution in [-0.2, 0) is 6.18 Å². The smallest absolute Gasteiger partial charge is 0.330 e. The number of hydrogen-bond acceptors (Lipinski definition) is 6. The second-order valence-electron chi connectivity index (χ2n) is 6.05. The Morgan fingerprint density at radius 2 is 2.07 bits per heavy atom. The molecule has 2 aromatic heterocycles. The summed E-state index contributed by atoms with van der Waals surface area (Å²) in [5.74, 6) is 0.378. The maximum Gasteiger partial charge on any atom is 0.416 e. The normalized spacial score (nSPS) is 17.5. The van der Waals surface area contributed by atoms with E-state index in [1.807, 2.05) is 0 Å². The molecule has 1 saturated heterocycles. The Morgan fingerprint density at radius 1 is 1.22 bits per heavy atom. The highest BCUT2D eigenvalue weighted by Crippen LogP contribution is 2.31. The highest BCUT2D eigenvalue weighted by Gasteiger charge is 2.31. The van der Waals surface area contributed by atoms with Crippen LogP contribution >= 0.6 is 12.4 Å². The second kappa shape index (κ2) is 7.65. The molecule has 4 rings (SSSR count). The lowest BCUT2D eigenvalue weighted by molar-refractivity contribution is -0.137. The molecular formula is C16H16ClF3N6O. The van der Waals surface area contributed by atoms with Gasteiger partial charge in [0.1, 0.15) is 6.33 Å². The van der Waals surface area contributed by atoms with Gasteiger partial charge >= 0.3 is 6.18 Å². The van der Waals surface area contributed by atoms with Crippen LogP contribution in [0.5, 0.6) is 0 Å². The fourth-order valence-corrected chi connectivity index (χ4v) is 2.87. The average molecular weight is 401 g/mol. The first-order valence-corrected chi connectivity index (χ1v) is 8.14. The summed E-state index contributed by atoms with van der Waals surface area (Å²) in [5.41, 5.74) is -0.556. The first kappa shape index (κ1) is 19.3. The van der Waals surface area contributed by atoms with Gasteiger partial charge in [0.2, 0.25) is 11.6 Å². The summed E-state index contributed by atoms with van der Waals surface area (Å²) < 4.78 is 45.4. The lowest BCUT2D eigenvalue weighted by atomic mass is 10.1.